The van der Waals surface area contributed by atoms with E-state index in [-0.39, 0.29) is 37.2 Å². The number of amides is 4. The molecule has 4 amide bonds. The van der Waals surface area contributed by atoms with Gasteiger partial charge < -0.3 is 26.0 Å². The molecule has 3 aromatic rings. The second-order valence-corrected chi connectivity index (χ2v) is 13.0. The molecule has 0 radical (unpaired) electrons. The van der Waals surface area contributed by atoms with Crippen LogP contribution >= 0.6 is 0 Å². The van der Waals surface area contributed by atoms with Gasteiger partial charge in [-0.15, -0.1) is 0 Å². The highest BCUT2D eigenvalue weighted by Crippen LogP contribution is 2.22. The lowest BCUT2D eigenvalue weighted by molar-refractivity contribution is -0.138. The fourth-order valence-electron chi connectivity index (χ4n) is 5.13. The number of anilines is 1. The van der Waals surface area contributed by atoms with Crippen LogP contribution in [0.5, 0.6) is 0 Å². The quantitative estimate of drug-likeness (QED) is 0.157. The number of hydrogen-bond acceptors (Lipinski definition) is 7. The summed E-state index contributed by atoms with van der Waals surface area (Å²) in [6.45, 7) is 11.4. The van der Waals surface area contributed by atoms with Gasteiger partial charge in [0.2, 0.25) is 17.6 Å². The van der Waals surface area contributed by atoms with Crippen LogP contribution in [0.1, 0.15) is 66.4 Å². The zero-order chi connectivity index (χ0) is 34.5. The highest BCUT2D eigenvalue weighted by Gasteiger charge is 2.33. The minimum atomic E-state index is -1.12. The zero-order valence-electron chi connectivity index (χ0n) is 28.0. The number of benzene rings is 2. The van der Waals surface area contributed by atoms with Crippen molar-refractivity contribution in [3.05, 3.63) is 72.6 Å². The molecule has 0 fully saturated rings. The molecular formula is C36H47N5O6. The first-order chi connectivity index (χ1) is 22.3. The second-order valence-electron chi connectivity index (χ2n) is 13.0. The lowest BCUT2D eigenvalue weighted by Gasteiger charge is -2.27. The van der Waals surface area contributed by atoms with Crippen molar-refractivity contribution in [2.75, 3.05) is 5.32 Å². The standard InChI is InChI=1S/C36H47N5O6/c1-22(2)17-29(32(42)35(45)38-28-14-10-13-26-20-37-16-15-27(26)28)39-33(43)30(18-23(3)4)40-34(44)31(19-24(5)6)41-36(46)47-21-25-11-8-7-9-12-25/h7-16,20,22-24,29-31H,17-19,21H2,1-6H3,(H,38,45)(H,39,43)(H,40,44)(H,41,46)/t29-,30-,31-/m0/s1. The second kappa shape index (κ2) is 17.8. The van der Waals surface area contributed by atoms with Crippen molar-refractivity contribution < 1.29 is 28.7 Å². The lowest BCUT2D eigenvalue weighted by Crippen LogP contribution is -2.57. The van der Waals surface area contributed by atoms with Gasteiger partial charge in [-0.05, 0) is 54.7 Å². The molecule has 1 heterocycles. The van der Waals surface area contributed by atoms with Crippen LogP contribution in [-0.2, 0) is 30.5 Å². The van der Waals surface area contributed by atoms with E-state index >= 15 is 0 Å². The number of ketones is 1. The van der Waals surface area contributed by atoms with E-state index in [1.165, 1.54) is 0 Å². The summed E-state index contributed by atoms with van der Waals surface area (Å²) in [4.78, 5) is 70.5. The van der Waals surface area contributed by atoms with Crippen LogP contribution in [0, 0.1) is 17.8 Å². The highest BCUT2D eigenvalue weighted by atomic mass is 16.5. The van der Waals surface area contributed by atoms with Crippen molar-refractivity contribution in [2.45, 2.75) is 85.5 Å². The number of alkyl carbamates (subject to hydrolysis) is 1. The van der Waals surface area contributed by atoms with E-state index in [0.29, 0.717) is 12.1 Å². The summed E-state index contributed by atoms with van der Waals surface area (Å²) in [6, 6.07) is 13.1. The van der Waals surface area contributed by atoms with E-state index < -0.39 is 47.7 Å². The summed E-state index contributed by atoms with van der Waals surface area (Å²) >= 11 is 0. The number of hydrogen-bond donors (Lipinski definition) is 4. The van der Waals surface area contributed by atoms with Crippen LogP contribution in [0.2, 0.25) is 0 Å². The number of nitrogens with zero attached hydrogens (tertiary/aromatic N) is 1. The maximum atomic E-state index is 13.7. The van der Waals surface area contributed by atoms with Crippen molar-refractivity contribution in [3.8, 4) is 0 Å². The summed E-state index contributed by atoms with van der Waals surface area (Å²) < 4.78 is 5.32. The fraction of sp³-hybridized carbons (Fsp3) is 0.444. The molecular weight excluding hydrogens is 598 g/mol. The van der Waals surface area contributed by atoms with Gasteiger partial charge in [0.05, 0.1) is 6.04 Å². The van der Waals surface area contributed by atoms with Gasteiger partial charge >= 0.3 is 6.09 Å². The molecule has 0 saturated carbocycles. The number of pyridine rings is 1. The third-order valence-electron chi connectivity index (χ3n) is 7.36. The first kappa shape index (κ1) is 36.7. The Hall–Kier alpha value is -4.80. The van der Waals surface area contributed by atoms with Crippen LogP contribution in [0.4, 0.5) is 10.5 Å². The number of Topliss-reactive ketones (excluding diaryl/α,β-unsaturated/α-hetero) is 1. The number of carbonyl (C=O) groups excluding carboxylic acids is 5. The smallest absolute Gasteiger partial charge is 0.408 e. The molecule has 0 spiro atoms. The Morgan fingerprint density at radius 3 is 1.87 bits per heavy atom. The van der Waals surface area contributed by atoms with Gasteiger partial charge in [0, 0.05) is 28.9 Å². The minimum Gasteiger partial charge on any atom is -0.445 e. The Morgan fingerprint density at radius 2 is 1.26 bits per heavy atom. The van der Waals surface area contributed by atoms with E-state index in [4.69, 9.17) is 4.74 Å². The highest BCUT2D eigenvalue weighted by molar-refractivity contribution is 6.43. The fourth-order valence-corrected chi connectivity index (χ4v) is 5.13. The molecule has 11 heteroatoms. The van der Waals surface area contributed by atoms with Crippen molar-refractivity contribution >= 4 is 46.1 Å². The monoisotopic (exact) mass is 645 g/mol. The molecule has 3 rings (SSSR count). The number of rotatable bonds is 16. The summed E-state index contributed by atoms with van der Waals surface area (Å²) in [5.74, 6) is -2.78. The third-order valence-corrected chi connectivity index (χ3v) is 7.36. The van der Waals surface area contributed by atoms with Crippen LogP contribution in [0.15, 0.2) is 67.0 Å². The Kier molecular flexibility index (Phi) is 13.9. The normalized spacial score (nSPS) is 13.1. The van der Waals surface area contributed by atoms with Crippen LogP contribution < -0.4 is 21.3 Å². The van der Waals surface area contributed by atoms with Crippen molar-refractivity contribution in [3.63, 3.8) is 0 Å². The number of nitrogens with one attached hydrogen (secondary N) is 4. The molecule has 2 aromatic carbocycles. The Labute approximate surface area is 276 Å². The van der Waals surface area contributed by atoms with Gasteiger partial charge in [-0.3, -0.25) is 24.2 Å². The first-order valence-electron chi connectivity index (χ1n) is 16.1. The van der Waals surface area contributed by atoms with Gasteiger partial charge in [0.25, 0.3) is 5.91 Å². The van der Waals surface area contributed by atoms with E-state index in [9.17, 15) is 24.0 Å². The summed E-state index contributed by atoms with van der Waals surface area (Å²) in [7, 11) is 0. The van der Waals surface area contributed by atoms with E-state index in [0.717, 1.165) is 16.3 Å². The van der Waals surface area contributed by atoms with Gasteiger partial charge in [-0.2, -0.15) is 0 Å². The molecule has 3 atom stereocenters. The molecule has 0 aliphatic rings. The molecule has 1 aromatic heterocycles. The lowest BCUT2D eigenvalue weighted by atomic mass is 9.97. The Morgan fingerprint density at radius 1 is 0.681 bits per heavy atom. The van der Waals surface area contributed by atoms with Crippen LogP contribution in [-0.4, -0.2) is 52.7 Å². The minimum absolute atomic E-state index is 0.00166. The predicted molar refractivity (Wildman–Crippen MR) is 181 cm³/mol. The van der Waals surface area contributed by atoms with Crippen molar-refractivity contribution in [1.29, 1.82) is 0 Å². The summed E-state index contributed by atoms with van der Waals surface area (Å²) in [5.41, 5.74) is 1.25. The molecule has 0 saturated heterocycles. The SMILES string of the molecule is CC(C)C[C@H](NC(=O)OCc1ccccc1)C(=O)N[C@@H](CC(C)C)C(=O)N[C@@H](CC(C)C)C(=O)C(=O)Nc1cccc2cnccc12. The number of carbonyl (C=O) groups is 5. The molecule has 252 valence electrons. The summed E-state index contributed by atoms with van der Waals surface area (Å²) in [5, 5.41) is 12.4. The van der Waals surface area contributed by atoms with Crippen molar-refractivity contribution in [2.24, 2.45) is 17.8 Å². The van der Waals surface area contributed by atoms with E-state index in [2.05, 4.69) is 26.3 Å². The molecule has 0 bridgehead atoms. The molecule has 47 heavy (non-hydrogen) atoms. The topological polar surface area (TPSA) is 156 Å². The van der Waals surface area contributed by atoms with E-state index in [1.807, 2.05) is 77.9 Å². The number of aromatic nitrogens is 1. The predicted octanol–water partition coefficient (Wildman–Crippen LogP) is 5.15. The molecule has 0 aliphatic heterocycles. The Bertz CT molecular complexity index is 1520. The number of ether oxygens (including phenoxy) is 1. The van der Waals surface area contributed by atoms with Crippen LogP contribution in [0.3, 0.4) is 0 Å². The number of fused-ring (bicyclic) bond motifs is 1. The van der Waals surface area contributed by atoms with Gasteiger partial charge in [0.1, 0.15) is 18.7 Å². The van der Waals surface area contributed by atoms with Gasteiger partial charge in [0.15, 0.2) is 0 Å². The molecule has 0 unspecified atom stereocenters. The van der Waals surface area contributed by atoms with Gasteiger partial charge in [-0.25, -0.2) is 4.79 Å². The average Bonchev–Trinajstić information content (AvgIpc) is 3.02. The maximum Gasteiger partial charge on any atom is 0.408 e. The van der Waals surface area contributed by atoms with E-state index in [1.54, 1.807) is 30.6 Å². The first-order valence-corrected chi connectivity index (χ1v) is 16.1. The molecule has 11 nitrogen and oxygen atoms in total. The maximum absolute atomic E-state index is 13.7. The largest absolute Gasteiger partial charge is 0.445 e. The summed E-state index contributed by atoms with van der Waals surface area (Å²) in [6.07, 6.45) is 3.29. The van der Waals surface area contributed by atoms with Crippen molar-refractivity contribution in [1.82, 2.24) is 20.9 Å². The Balaban J connectivity index is 1.72. The zero-order valence-corrected chi connectivity index (χ0v) is 28.0. The molecule has 0 aliphatic carbocycles. The van der Waals surface area contributed by atoms with Crippen LogP contribution in [0.25, 0.3) is 10.8 Å². The third kappa shape index (κ3) is 11.8. The van der Waals surface area contributed by atoms with Gasteiger partial charge in [-0.1, -0.05) is 84.0 Å². The molecule has 4 N–H and O–H groups in total. The average molecular weight is 646 g/mol.